The molecule has 0 spiro atoms. The third-order valence-corrected chi connectivity index (χ3v) is 3.56. The third-order valence-electron chi connectivity index (χ3n) is 2.54. The molecule has 76 valence electrons. The van der Waals surface area contributed by atoms with Crippen molar-refractivity contribution in [1.29, 1.82) is 0 Å². The summed E-state index contributed by atoms with van der Waals surface area (Å²) in [6.45, 7) is 4.09. The van der Waals surface area contributed by atoms with Gasteiger partial charge in [0.15, 0.2) is 0 Å². The number of hydrogen-bond acceptors (Lipinski definition) is 3. The lowest BCUT2D eigenvalue weighted by molar-refractivity contribution is 0.969. The highest BCUT2D eigenvalue weighted by atomic mass is 32.1. The van der Waals surface area contributed by atoms with Crippen molar-refractivity contribution in [3.8, 4) is 0 Å². The fourth-order valence-electron chi connectivity index (χ4n) is 1.75. The highest BCUT2D eigenvalue weighted by Crippen LogP contribution is 2.25. The van der Waals surface area contributed by atoms with E-state index < -0.39 is 0 Å². The Bertz CT molecular complexity index is 636. The number of aryl methyl sites for hydroxylation is 2. The van der Waals surface area contributed by atoms with Gasteiger partial charge in [-0.3, -0.25) is 0 Å². The van der Waals surface area contributed by atoms with E-state index in [-0.39, 0.29) is 0 Å². The summed E-state index contributed by atoms with van der Waals surface area (Å²) in [7, 11) is 0. The van der Waals surface area contributed by atoms with Gasteiger partial charge in [-0.05, 0) is 31.0 Å². The quantitative estimate of drug-likeness (QED) is 0.627. The molecule has 0 radical (unpaired) electrons. The fourth-order valence-corrected chi connectivity index (χ4v) is 2.74. The lowest BCUT2D eigenvalue weighted by atomic mass is 10.2. The molecule has 2 aromatic heterocycles. The molecular weight excluding hydrogens is 206 g/mol. The predicted molar refractivity (Wildman–Crippen MR) is 62.5 cm³/mol. The van der Waals surface area contributed by atoms with Gasteiger partial charge in [-0.25, -0.2) is 9.50 Å². The smallest absolute Gasteiger partial charge is 0.203 e. The summed E-state index contributed by atoms with van der Waals surface area (Å²) >= 11 is 1.69. The van der Waals surface area contributed by atoms with Crippen LogP contribution in [0.1, 0.15) is 18.3 Å². The van der Waals surface area contributed by atoms with Gasteiger partial charge >= 0.3 is 0 Å². The monoisotopic (exact) mass is 217 g/mol. The molecule has 3 nitrogen and oxygen atoms in total. The SMILES string of the molecule is CCc1ccc2sc3nc(C)nn3c2c1. The van der Waals surface area contributed by atoms with Crippen LogP contribution < -0.4 is 0 Å². The number of nitrogens with zero attached hydrogens (tertiary/aromatic N) is 3. The van der Waals surface area contributed by atoms with E-state index in [0.717, 1.165) is 17.2 Å². The van der Waals surface area contributed by atoms with Gasteiger partial charge in [-0.15, -0.1) is 0 Å². The van der Waals surface area contributed by atoms with Gasteiger partial charge in [-0.1, -0.05) is 24.3 Å². The average Bonchev–Trinajstić information content (AvgIpc) is 2.73. The van der Waals surface area contributed by atoms with E-state index in [1.807, 2.05) is 11.4 Å². The Morgan fingerprint density at radius 3 is 3.07 bits per heavy atom. The molecule has 0 amide bonds. The fraction of sp³-hybridized carbons (Fsp3) is 0.273. The maximum Gasteiger partial charge on any atom is 0.213 e. The molecule has 0 saturated carbocycles. The van der Waals surface area contributed by atoms with Crippen molar-refractivity contribution in [3.05, 3.63) is 29.6 Å². The topological polar surface area (TPSA) is 30.2 Å². The van der Waals surface area contributed by atoms with Crippen molar-refractivity contribution in [2.45, 2.75) is 20.3 Å². The van der Waals surface area contributed by atoms with Crippen LogP contribution in [0.2, 0.25) is 0 Å². The van der Waals surface area contributed by atoms with Crippen molar-refractivity contribution in [1.82, 2.24) is 14.6 Å². The van der Waals surface area contributed by atoms with E-state index in [0.29, 0.717) is 0 Å². The van der Waals surface area contributed by atoms with Crippen LogP contribution in [0.3, 0.4) is 0 Å². The van der Waals surface area contributed by atoms with E-state index in [9.17, 15) is 0 Å². The molecule has 1 aromatic carbocycles. The molecule has 2 heterocycles. The number of thiazole rings is 1. The largest absolute Gasteiger partial charge is 0.213 e. The maximum absolute atomic E-state index is 4.39. The molecule has 0 aliphatic carbocycles. The first-order valence-electron chi connectivity index (χ1n) is 5.02. The second kappa shape index (κ2) is 3.03. The van der Waals surface area contributed by atoms with Crippen molar-refractivity contribution >= 4 is 26.5 Å². The number of hydrogen-bond donors (Lipinski definition) is 0. The van der Waals surface area contributed by atoms with Crippen LogP contribution in [-0.2, 0) is 6.42 Å². The lowest BCUT2D eigenvalue weighted by Gasteiger charge is -1.95. The third kappa shape index (κ3) is 1.25. The normalized spacial score (nSPS) is 11.6. The second-order valence-corrected chi connectivity index (χ2v) is 4.62. The maximum atomic E-state index is 4.39. The molecule has 4 heteroatoms. The van der Waals surface area contributed by atoms with Gasteiger partial charge in [-0.2, -0.15) is 5.10 Å². The molecule has 0 fully saturated rings. The van der Waals surface area contributed by atoms with Crippen molar-refractivity contribution in [2.24, 2.45) is 0 Å². The Balaban J connectivity index is 2.43. The molecule has 0 atom stereocenters. The number of fused-ring (bicyclic) bond motifs is 3. The molecule has 0 bridgehead atoms. The summed E-state index contributed by atoms with van der Waals surface area (Å²) in [6, 6.07) is 6.53. The number of aromatic nitrogens is 3. The Kier molecular flexibility index (Phi) is 1.79. The Hall–Kier alpha value is -1.42. The first-order chi connectivity index (χ1) is 7.28. The minimum atomic E-state index is 0.838. The van der Waals surface area contributed by atoms with Crippen LogP contribution >= 0.6 is 11.3 Å². The van der Waals surface area contributed by atoms with Crippen LogP contribution in [-0.4, -0.2) is 14.6 Å². The minimum absolute atomic E-state index is 0.838. The number of rotatable bonds is 1. The van der Waals surface area contributed by atoms with Gasteiger partial charge in [0.25, 0.3) is 0 Å². The molecule has 0 unspecified atom stereocenters. The highest BCUT2D eigenvalue weighted by molar-refractivity contribution is 7.23. The Morgan fingerprint density at radius 1 is 1.40 bits per heavy atom. The van der Waals surface area contributed by atoms with Crippen LogP contribution in [0, 0.1) is 6.92 Å². The van der Waals surface area contributed by atoms with Gasteiger partial charge in [0, 0.05) is 0 Å². The zero-order valence-corrected chi connectivity index (χ0v) is 9.51. The van der Waals surface area contributed by atoms with Gasteiger partial charge in [0.1, 0.15) is 5.82 Å². The summed E-state index contributed by atoms with van der Waals surface area (Å²) < 4.78 is 3.19. The Morgan fingerprint density at radius 2 is 2.27 bits per heavy atom. The van der Waals surface area contributed by atoms with Crippen molar-refractivity contribution < 1.29 is 0 Å². The summed E-state index contributed by atoms with van der Waals surface area (Å²) in [6.07, 6.45) is 1.06. The van der Waals surface area contributed by atoms with Crippen LogP contribution in [0.15, 0.2) is 18.2 Å². The predicted octanol–water partition coefficient (Wildman–Crippen LogP) is 2.81. The molecule has 3 aromatic rings. The lowest BCUT2D eigenvalue weighted by Crippen LogP contribution is -1.86. The van der Waals surface area contributed by atoms with Crippen molar-refractivity contribution in [3.63, 3.8) is 0 Å². The average molecular weight is 217 g/mol. The number of benzene rings is 1. The standard InChI is InChI=1S/C11H11N3S/c1-3-8-4-5-10-9(6-8)14-11(15-10)12-7(2)13-14/h4-6H,3H2,1-2H3. The van der Waals surface area contributed by atoms with E-state index in [1.165, 1.54) is 15.8 Å². The Labute approximate surface area is 91.4 Å². The van der Waals surface area contributed by atoms with Gasteiger partial charge in [0.05, 0.1) is 10.2 Å². The van der Waals surface area contributed by atoms with E-state index in [2.05, 4.69) is 35.2 Å². The molecule has 15 heavy (non-hydrogen) atoms. The first-order valence-corrected chi connectivity index (χ1v) is 5.84. The summed E-state index contributed by atoms with van der Waals surface area (Å²) in [5.41, 5.74) is 2.52. The zero-order chi connectivity index (χ0) is 10.4. The van der Waals surface area contributed by atoms with E-state index >= 15 is 0 Å². The molecule has 0 aliphatic heterocycles. The zero-order valence-electron chi connectivity index (χ0n) is 8.69. The van der Waals surface area contributed by atoms with Gasteiger partial charge in [0.2, 0.25) is 4.96 Å². The van der Waals surface area contributed by atoms with Crippen LogP contribution in [0.5, 0.6) is 0 Å². The molecule has 0 N–H and O–H groups in total. The van der Waals surface area contributed by atoms with E-state index in [1.54, 1.807) is 11.3 Å². The van der Waals surface area contributed by atoms with Crippen LogP contribution in [0.4, 0.5) is 0 Å². The molecule has 3 rings (SSSR count). The molecule has 0 aliphatic rings. The highest BCUT2D eigenvalue weighted by Gasteiger charge is 2.08. The molecular formula is C11H11N3S. The summed E-state index contributed by atoms with van der Waals surface area (Å²) in [5.74, 6) is 0.838. The second-order valence-electron chi connectivity index (χ2n) is 3.61. The van der Waals surface area contributed by atoms with Crippen LogP contribution in [0.25, 0.3) is 15.2 Å². The summed E-state index contributed by atoms with van der Waals surface area (Å²) in [4.78, 5) is 5.36. The van der Waals surface area contributed by atoms with E-state index in [4.69, 9.17) is 0 Å². The first kappa shape index (κ1) is 8.85. The van der Waals surface area contributed by atoms with Crippen molar-refractivity contribution in [2.75, 3.05) is 0 Å². The summed E-state index contributed by atoms with van der Waals surface area (Å²) in [5, 5.41) is 4.39. The van der Waals surface area contributed by atoms with Gasteiger partial charge < -0.3 is 0 Å². The minimum Gasteiger partial charge on any atom is -0.203 e. The molecule has 0 saturated heterocycles.